The molecule has 0 radical (unpaired) electrons. The number of benzene rings is 2. The number of aromatic nitrogens is 2. The van der Waals surface area contributed by atoms with Crippen LogP contribution in [0.4, 0.5) is 11.6 Å². The van der Waals surface area contributed by atoms with Gasteiger partial charge < -0.3 is 19.7 Å². The van der Waals surface area contributed by atoms with E-state index in [4.69, 9.17) is 32.7 Å². The summed E-state index contributed by atoms with van der Waals surface area (Å²) in [4.78, 5) is 50.3. The number of nitrogens with one attached hydrogen (secondary N) is 1. The second kappa shape index (κ2) is 10.5. The van der Waals surface area contributed by atoms with Crippen LogP contribution >= 0.6 is 23.2 Å². The summed E-state index contributed by atoms with van der Waals surface area (Å²) in [5, 5.41) is 3.59. The molecule has 0 atom stereocenters. The number of likely N-dealkylation sites (N-methyl/N-ethyl adjacent to an activating group) is 1. The third-order valence-corrected chi connectivity index (χ3v) is 5.79. The molecule has 38 heavy (non-hydrogen) atoms. The zero-order valence-electron chi connectivity index (χ0n) is 21.3. The molecule has 10 nitrogen and oxygen atoms in total. The van der Waals surface area contributed by atoms with Crippen LogP contribution in [0.5, 0.6) is 11.6 Å². The Morgan fingerprint density at radius 1 is 0.974 bits per heavy atom. The van der Waals surface area contributed by atoms with Crippen molar-refractivity contribution in [3.05, 3.63) is 69.3 Å². The van der Waals surface area contributed by atoms with Gasteiger partial charge in [-0.05, 0) is 48.4 Å². The molecule has 198 valence electrons. The standard InChI is InChI=1S/C26H25Cl2N5O5/c1-14-7-6-8-18(9-14)33(24(36)23(35)32(4)5)25-30-19(20-22(31-25)38-26(2,3)37-20)21(34)29-13-15-10-16(27)12-17(28)11-15/h6-12H,13H2,1-5H3,(H,29,34). The van der Waals surface area contributed by atoms with Crippen LogP contribution in [0.1, 0.15) is 35.5 Å². The van der Waals surface area contributed by atoms with Crippen molar-refractivity contribution in [3.63, 3.8) is 0 Å². The fraction of sp³-hybridized carbons (Fsp3) is 0.269. The van der Waals surface area contributed by atoms with Gasteiger partial charge in [-0.2, -0.15) is 4.98 Å². The molecule has 1 aliphatic heterocycles. The van der Waals surface area contributed by atoms with Crippen molar-refractivity contribution < 1.29 is 23.9 Å². The molecule has 0 unspecified atom stereocenters. The van der Waals surface area contributed by atoms with Gasteiger partial charge in [0.25, 0.3) is 11.8 Å². The highest BCUT2D eigenvalue weighted by Gasteiger charge is 2.40. The van der Waals surface area contributed by atoms with Crippen LogP contribution in [0.25, 0.3) is 0 Å². The molecule has 1 aromatic heterocycles. The first-order chi connectivity index (χ1) is 17.8. The third-order valence-electron chi connectivity index (χ3n) is 5.36. The minimum atomic E-state index is -1.15. The number of ether oxygens (including phenoxy) is 2. The molecule has 2 aromatic carbocycles. The molecule has 0 saturated carbocycles. The van der Waals surface area contributed by atoms with E-state index in [1.54, 1.807) is 50.2 Å². The lowest BCUT2D eigenvalue weighted by Crippen LogP contribution is -2.41. The van der Waals surface area contributed by atoms with Gasteiger partial charge in [0.1, 0.15) is 0 Å². The highest BCUT2D eigenvalue weighted by Crippen LogP contribution is 2.41. The Morgan fingerprint density at radius 2 is 1.66 bits per heavy atom. The summed E-state index contributed by atoms with van der Waals surface area (Å²) in [6, 6.07) is 11.8. The molecular weight excluding hydrogens is 533 g/mol. The second-order valence-electron chi connectivity index (χ2n) is 9.25. The Bertz CT molecular complexity index is 1420. The fourth-order valence-electron chi connectivity index (χ4n) is 3.69. The Hall–Kier alpha value is -3.89. The van der Waals surface area contributed by atoms with Gasteiger partial charge in [-0.3, -0.25) is 14.4 Å². The monoisotopic (exact) mass is 557 g/mol. The van der Waals surface area contributed by atoms with Crippen LogP contribution < -0.4 is 19.7 Å². The maximum Gasteiger partial charge on any atom is 0.323 e. The van der Waals surface area contributed by atoms with E-state index >= 15 is 0 Å². The second-order valence-corrected chi connectivity index (χ2v) is 10.1. The van der Waals surface area contributed by atoms with Crippen LogP contribution in [-0.2, 0) is 16.1 Å². The summed E-state index contributed by atoms with van der Waals surface area (Å²) in [7, 11) is 2.91. The van der Waals surface area contributed by atoms with Gasteiger partial charge in [0.05, 0.1) is 5.69 Å². The fourth-order valence-corrected chi connectivity index (χ4v) is 4.26. The first-order valence-corrected chi connectivity index (χ1v) is 12.3. The van der Waals surface area contributed by atoms with Crippen LogP contribution in [-0.4, -0.2) is 52.5 Å². The Kier molecular flexibility index (Phi) is 7.48. The van der Waals surface area contributed by atoms with Crippen LogP contribution in [0.15, 0.2) is 42.5 Å². The Morgan fingerprint density at radius 3 is 2.29 bits per heavy atom. The highest BCUT2D eigenvalue weighted by atomic mass is 35.5. The van der Waals surface area contributed by atoms with Crippen LogP contribution in [0, 0.1) is 6.92 Å². The number of anilines is 2. The lowest BCUT2D eigenvalue weighted by atomic mass is 10.2. The number of aryl methyl sites for hydroxylation is 1. The number of fused-ring (bicyclic) bond motifs is 1. The molecule has 0 spiro atoms. The topological polar surface area (TPSA) is 114 Å². The van der Waals surface area contributed by atoms with Crippen molar-refractivity contribution in [2.45, 2.75) is 33.1 Å². The van der Waals surface area contributed by atoms with E-state index in [2.05, 4.69) is 15.3 Å². The number of carbonyl (C=O) groups excluding carboxylic acids is 3. The SMILES string of the molecule is Cc1cccc(N(C(=O)C(=O)N(C)C)c2nc3c(c(C(=O)NCc4cc(Cl)cc(Cl)c4)n2)OC(C)(C)O3)c1. The number of carbonyl (C=O) groups is 3. The van der Waals surface area contributed by atoms with Crippen LogP contribution in [0.3, 0.4) is 0 Å². The molecule has 3 aromatic rings. The number of halogens is 2. The minimum Gasteiger partial charge on any atom is -0.445 e. The highest BCUT2D eigenvalue weighted by molar-refractivity contribution is 6.41. The molecule has 0 aliphatic carbocycles. The van der Waals surface area contributed by atoms with Crippen molar-refractivity contribution in [1.29, 1.82) is 0 Å². The number of nitrogens with zero attached hydrogens (tertiary/aromatic N) is 4. The summed E-state index contributed by atoms with van der Waals surface area (Å²) in [5.41, 5.74) is 1.65. The third kappa shape index (κ3) is 5.81. The summed E-state index contributed by atoms with van der Waals surface area (Å²) in [5.74, 6) is -3.77. The van der Waals surface area contributed by atoms with Gasteiger partial charge in [-0.15, -0.1) is 0 Å². The normalized spacial score (nSPS) is 13.1. The average molecular weight is 558 g/mol. The van der Waals surface area contributed by atoms with Crippen molar-refractivity contribution in [1.82, 2.24) is 20.2 Å². The van der Waals surface area contributed by atoms with Gasteiger partial charge in [-0.1, -0.05) is 35.3 Å². The van der Waals surface area contributed by atoms with Gasteiger partial charge in [-0.25, -0.2) is 9.88 Å². The maximum absolute atomic E-state index is 13.4. The van der Waals surface area contributed by atoms with E-state index in [0.717, 1.165) is 15.4 Å². The summed E-state index contributed by atoms with van der Waals surface area (Å²) >= 11 is 12.1. The van der Waals surface area contributed by atoms with E-state index in [0.29, 0.717) is 21.3 Å². The van der Waals surface area contributed by atoms with E-state index in [-0.39, 0.29) is 29.8 Å². The quantitative estimate of drug-likeness (QED) is 0.465. The lowest BCUT2D eigenvalue weighted by Gasteiger charge is -2.22. The Balaban J connectivity index is 1.79. The number of hydrogen-bond donors (Lipinski definition) is 1. The molecule has 12 heteroatoms. The van der Waals surface area contributed by atoms with Gasteiger partial charge >= 0.3 is 11.8 Å². The number of rotatable bonds is 5. The number of amides is 3. The largest absolute Gasteiger partial charge is 0.445 e. The van der Waals surface area contributed by atoms with E-state index in [1.165, 1.54) is 14.1 Å². The van der Waals surface area contributed by atoms with Crippen molar-refractivity contribution in [2.24, 2.45) is 0 Å². The molecule has 0 saturated heterocycles. The molecule has 4 rings (SSSR count). The zero-order valence-corrected chi connectivity index (χ0v) is 22.8. The number of hydrogen-bond acceptors (Lipinski definition) is 7. The molecular formula is C26H25Cl2N5O5. The molecule has 0 bridgehead atoms. The zero-order chi connectivity index (χ0) is 27.8. The Labute approximate surface area is 229 Å². The van der Waals surface area contributed by atoms with Crippen LogP contribution in [0.2, 0.25) is 10.0 Å². The van der Waals surface area contributed by atoms with Gasteiger partial charge in [0.15, 0.2) is 5.69 Å². The maximum atomic E-state index is 13.4. The predicted molar refractivity (Wildman–Crippen MR) is 142 cm³/mol. The summed E-state index contributed by atoms with van der Waals surface area (Å²) < 4.78 is 11.6. The summed E-state index contributed by atoms with van der Waals surface area (Å²) in [6.45, 7) is 5.20. The van der Waals surface area contributed by atoms with E-state index in [1.807, 2.05) is 13.0 Å². The first-order valence-electron chi connectivity index (χ1n) is 11.5. The predicted octanol–water partition coefficient (Wildman–Crippen LogP) is 4.28. The van der Waals surface area contributed by atoms with E-state index < -0.39 is 23.5 Å². The molecule has 1 N–H and O–H groups in total. The lowest BCUT2D eigenvalue weighted by molar-refractivity contribution is -0.142. The molecule has 2 heterocycles. The minimum absolute atomic E-state index is 0.0101. The van der Waals surface area contributed by atoms with Gasteiger partial charge in [0.2, 0.25) is 17.5 Å². The van der Waals surface area contributed by atoms with E-state index in [9.17, 15) is 14.4 Å². The molecule has 1 aliphatic rings. The molecule has 0 fully saturated rings. The molecule has 3 amide bonds. The van der Waals surface area contributed by atoms with Crippen molar-refractivity contribution in [3.8, 4) is 11.6 Å². The van der Waals surface area contributed by atoms with Gasteiger partial charge in [0, 0.05) is 44.5 Å². The smallest absolute Gasteiger partial charge is 0.323 e. The van der Waals surface area contributed by atoms with Crippen molar-refractivity contribution in [2.75, 3.05) is 19.0 Å². The first kappa shape index (κ1) is 27.2. The average Bonchev–Trinajstić information content (AvgIpc) is 3.14. The summed E-state index contributed by atoms with van der Waals surface area (Å²) in [6.07, 6.45) is 0. The van der Waals surface area contributed by atoms with Crippen molar-refractivity contribution >= 4 is 52.6 Å².